The standard InChI is InChI=1S/C27H25N5O/c1-3-11-29-22(5-1)26-27(23-6-2-4-12-30-23)32-24-14-19(8-10-21(24)31-26)16-28-17-33-25-15-18-7-9-20(25)13-18/h1-12,14,18,20,25,28H,13,15-17H2. The van der Waals surface area contributed by atoms with Gasteiger partial charge in [0, 0.05) is 24.9 Å². The molecule has 164 valence electrons. The summed E-state index contributed by atoms with van der Waals surface area (Å²) in [5.74, 6) is 1.33. The van der Waals surface area contributed by atoms with E-state index in [0.717, 1.165) is 58.3 Å². The van der Waals surface area contributed by atoms with Gasteiger partial charge in [-0.25, -0.2) is 9.97 Å². The van der Waals surface area contributed by atoms with E-state index in [1.165, 1.54) is 6.42 Å². The quantitative estimate of drug-likeness (QED) is 0.256. The minimum Gasteiger partial charge on any atom is -0.362 e. The number of hydrogen-bond donors (Lipinski definition) is 1. The zero-order chi connectivity index (χ0) is 22.0. The molecule has 3 heterocycles. The van der Waals surface area contributed by atoms with Crippen LogP contribution in [0.15, 0.2) is 79.1 Å². The molecule has 1 N–H and O–H groups in total. The normalized spacial score (nSPS) is 21.2. The Bertz CT molecular complexity index is 1290. The fraction of sp³-hybridized carbons (Fsp3) is 0.259. The van der Waals surface area contributed by atoms with Crippen LogP contribution in [0.5, 0.6) is 0 Å². The molecule has 2 bridgehead atoms. The molecule has 4 aromatic rings. The van der Waals surface area contributed by atoms with Crippen molar-refractivity contribution in [3.05, 3.63) is 84.7 Å². The Kier molecular flexibility index (Phi) is 5.38. The van der Waals surface area contributed by atoms with Gasteiger partial charge in [-0.2, -0.15) is 0 Å². The maximum atomic E-state index is 6.08. The number of aromatic nitrogens is 4. The van der Waals surface area contributed by atoms with Gasteiger partial charge in [0.05, 0.1) is 35.3 Å². The third-order valence-corrected chi connectivity index (χ3v) is 6.49. The molecule has 3 atom stereocenters. The number of fused-ring (bicyclic) bond motifs is 3. The van der Waals surface area contributed by atoms with Crippen LogP contribution >= 0.6 is 0 Å². The second-order valence-electron chi connectivity index (χ2n) is 8.73. The van der Waals surface area contributed by atoms with Crippen LogP contribution in [-0.2, 0) is 11.3 Å². The molecule has 3 aromatic heterocycles. The van der Waals surface area contributed by atoms with E-state index in [4.69, 9.17) is 14.7 Å². The smallest absolute Gasteiger partial charge is 0.117 e. The first kappa shape index (κ1) is 20.1. The number of rotatable bonds is 7. The molecule has 6 heteroatoms. The number of nitrogens with one attached hydrogen (secondary N) is 1. The Morgan fingerprint density at radius 3 is 2.21 bits per heavy atom. The van der Waals surface area contributed by atoms with Gasteiger partial charge in [-0.3, -0.25) is 15.3 Å². The van der Waals surface area contributed by atoms with Crippen molar-refractivity contribution in [2.45, 2.75) is 25.5 Å². The number of nitrogens with zero attached hydrogens (tertiary/aromatic N) is 4. The van der Waals surface area contributed by atoms with Gasteiger partial charge in [-0.1, -0.05) is 30.4 Å². The Morgan fingerprint density at radius 2 is 1.58 bits per heavy atom. The lowest BCUT2D eigenvalue weighted by atomic mass is 10.1. The van der Waals surface area contributed by atoms with Gasteiger partial charge in [0.15, 0.2) is 0 Å². The first-order valence-electron chi connectivity index (χ1n) is 11.5. The van der Waals surface area contributed by atoms with Gasteiger partial charge in [0.25, 0.3) is 0 Å². The van der Waals surface area contributed by atoms with Crippen molar-refractivity contribution in [2.75, 3.05) is 6.73 Å². The van der Waals surface area contributed by atoms with Crippen LogP contribution in [-0.4, -0.2) is 32.8 Å². The van der Waals surface area contributed by atoms with E-state index in [1.54, 1.807) is 12.4 Å². The first-order valence-corrected chi connectivity index (χ1v) is 11.5. The molecular weight excluding hydrogens is 410 g/mol. The van der Waals surface area contributed by atoms with Gasteiger partial charge < -0.3 is 4.74 Å². The average Bonchev–Trinajstić information content (AvgIpc) is 3.50. The van der Waals surface area contributed by atoms with E-state index in [0.29, 0.717) is 18.8 Å². The van der Waals surface area contributed by atoms with E-state index in [9.17, 15) is 0 Å². The molecular formula is C27H25N5O. The Labute approximate surface area is 192 Å². The highest BCUT2D eigenvalue weighted by Gasteiger charge is 2.36. The number of hydrogen-bond acceptors (Lipinski definition) is 6. The zero-order valence-corrected chi connectivity index (χ0v) is 18.3. The van der Waals surface area contributed by atoms with Crippen LogP contribution in [0, 0.1) is 11.8 Å². The largest absolute Gasteiger partial charge is 0.362 e. The molecule has 1 fully saturated rings. The third kappa shape index (κ3) is 4.15. The molecule has 2 aliphatic carbocycles. The summed E-state index contributed by atoms with van der Waals surface area (Å²) in [6.45, 7) is 1.28. The molecule has 3 unspecified atom stereocenters. The lowest BCUT2D eigenvalue weighted by Crippen LogP contribution is -2.25. The second-order valence-corrected chi connectivity index (χ2v) is 8.73. The van der Waals surface area contributed by atoms with Crippen LogP contribution < -0.4 is 5.32 Å². The zero-order valence-electron chi connectivity index (χ0n) is 18.3. The molecule has 0 spiro atoms. The number of pyridine rings is 2. The van der Waals surface area contributed by atoms with Crippen molar-refractivity contribution in [1.29, 1.82) is 0 Å². The first-order chi connectivity index (χ1) is 16.3. The molecule has 0 amide bonds. The summed E-state index contributed by atoms with van der Waals surface area (Å²) in [6, 6.07) is 17.8. The van der Waals surface area contributed by atoms with Crippen LogP contribution in [0.3, 0.4) is 0 Å². The van der Waals surface area contributed by atoms with Gasteiger partial charge >= 0.3 is 0 Å². The molecule has 0 aliphatic heterocycles. The van der Waals surface area contributed by atoms with Crippen molar-refractivity contribution in [3.63, 3.8) is 0 Å². The summed E-state index contributed by atoms with van der Waals surface area (Å²) < 4.78 is 6.08. The monoisotopic (exact) mass is 435 g/mol. The summed E-state index contributed by atoms with van der Waals surface area (Å²) in [4.78, 5) is 18.9. The fourth-order valence-corrected chi connectivity index (χ4v) is 4.86. The van der Waals surface area contributed by atoms with Gasteiger partial charge in [-0.05, 0) is 60.7 Å². The van der Waals surface area contributed by atoms with Gasteiger partial charge in [-0.15, -0.1) is 0 Å². The van der Waals surface area contributed by atoms with Crippen molar-refractivity contribution >= 4 is 11.0 Å². The van der Waals surface area contributed by atoms with Crippen molar-refractivity contribution in [1.82, 2.24) is 25.3 Å². The van der Waals surface area contributed by atoms with E-state index in [-0.39, 0.29) is 0 Å². The predicted molar refractivity (Wildman–Crippen MR) is 128 cm³/mol. The van der Waals surface area contributed by atoms with E-state index >= 15 is 0 Å². The maximum Gasteiger partial charge on any atom is 0.117 e. The van der Waals surface area contributed by atoms with E-state index < -0.39 is 0 Å². The summed E-state index contributed by atoms with van der Waals surface area (Å²) >= 11 is 0. The van der Waals surface area contributed by atoms with Crippen LogP contribution in [0.4, 0.5) is 0 Å². The van der Waals surface area contributed by atoms with Crippen molar-refractivity contribution < 1.29 is 4.74 Å². The SMILES string of the molecule is C1=CC2CC1CC2OCNCc1ccc2nc(-c3ccccn3)c(-c3ccccn3)nc2c1. The minimum atomic E-state index is 0.362. The summed E-state index contributed by atoms with van der Waals surface area (Å²) in [7, 11) is 0. The lowest BCUT2D eigenvalue weighted by molar-refractivity contribution is 0.0243. The average molecular weight is 436 g/mol. The molecule has 0 radical (unpaired) electrons. The Balaban J connectivity index is 1.24. The van der Waals surface area contributed by atoms with Crippen LogP contribution in [0.1, 0.15) is 18.4 Å². The highest BCUT2D eigenvalue weighted by atomic mass is 16.5. The predicted octanol–water partition coefficient (Wildman–Crippen LogP) is 4.78. The van der Waals surface area contributed by atoms with Crippen LogP contribution in [0.25, 0.3) is 33.8 Å². The molecule has 1 aromatic carbocycles. The van der Waals surface area contributed by atoms with E-state index in [1.807, 2.05) is 42.5 Å². The Morgan fingerprint density at radius 1 is 0.818 bits per heavy atom. The summed E-state index contributed by atoms with van der Waals surface area (Å²) in [5, 5.41) is 3.42. The number of allylic oxidation sites excluding steroid dienone is 1. The second kappa shape index (κ2) is 8.81. The van der Waals surface area contributed by atoms with Gasteiger partial charge in [0.1, 0.15) is 11.4 Å². The molecule has 0 saturated heterocycles. The van der Waals surface area contributed by atoms with Gasteiger partial charge in [0.2, 0.25) is 0 Å². The molecule has 6 rings (SSSR count). The molecule has 33 heavy (non-hydrogen) atoms. The van der Waals surface area contributed by atoms with Crippen molar-refractivity contribution in [2.24, 2.45) is 11.8 Å². The number of ether oxygens (including phenoxy) is 1. The topological polar surface area (TPSA) is 72.8 Å². The highest BCUT2D eigenvalue weighted by molar-refractivity contribution is 5.84. The minimum absolute atomic E-state index is 0.362. The number of benzene rings is 1. The lowest BCUT2D eigenvalue weighted by Gasteiger charge is -2.19. The van der Waals surface area contributed by atoms with Crippen molar-refractivity contribution in [3.8, 4) is 22.8 Å². The molecule has 1 saturated carbocycles. The van der Waals surface area contributed by atoms with E-state index in [2.05, 4.69) is 39.6 Å². The molecule has 6 nitrogen and oxygen atoms in total. The maximum absolute atomic E-state index is 6.08. The molecule has 2 aliphatic rings. The third-order valence-electron chi connectivity index (χ3n) is 6.49. The van der Waals surface area contributed by atoms with Crippen LogP contribution in [0.2, 0.25) is 0 Å². The summed E-state index contributed by atoms with van der Waals surface area (Å²) in [5.41, 5.74) is 5.86. The highest BCUT2D eigenvalue weighted by Crippen LogP contribution is 2.40. The Hall–Kier alpha value is -3.48. The fourth-order valence-electron chi connectivity index (χ4n) is 4.86. The summed E-state index contributed by atoms with van der Waals surface area (Å²) in [6.07, 6.45) is 11.0.